The molecular weight excluding hydrogens is 416 g/mol. The van der Waals surface area contributed by atoms with Crippen molar-refractivity contribution in [2.75, 3.05) is 52.5 Å². The summed E-state index contributed by atoms with van der Waals surface area (Å²) in [7, 11) is 0. The van der Waals surface area contributed by atoms with Crippen molar-refractivity contribution in [1.29, 1.82) is 0 Å². The summed E-state index contributed by atoms with van der Waals surface area (Å²) in [5.74, 6) is 1.57. The molecule has 0 aromatic heterocycles. The van der Waals surface area contributed by atoms with Crippen LogP contribution in [0.1, 0.15) is 31.2 Å². The third-order valence-electron chi connectivity index (χ3n) is 6.65. The molecule has 2 aromatic carbocycles. The molecule has 0 unspecified atom stereocenters. The maximum absolute atomic E-state index is 9.71. The van der Waals surface area contributed by atoms with Crippen molar-refractivity contribution in [2.45, 2.75) is 44.8 Å². The van der Waals surface area contributed by atoms with Gasteiger partial charge in [-0.05, 0) is 61.4 Å². The Morgan fingerprint density at radius 1 is 0.818 bits per heavy atom. The largest absolute Gasteiger partial charge is 0.490 e. The fourth-order valence-corrected chi connectivity index (χ4v) is 4.78. The van der Waals surface area contributed by atoms with E-state index in [9.17, 15) is 10.2 Å². The Hall–Kier alpha value is -2.12. The molecule has 2 aliphatic heterocycles. The smallest absolute Gasteiger partial charge is 0.161 e. The molecule has 0 amide bonds. The van der Waals surface area contributed by atoms with Gasteiger partial charge in [-0.1, -0.05) is 30.3 Å². The molecule has 6 heteroatoms. The highest BCUT2D eigenvalue weighted by Gasteiger charge is 2.20. The highest BCUT2D eigenvalue weighted by molar-refractivity contribution is 5.70. The lowest BCUT2D eigenvalue weighted by molar-refractivity contribution is 0.171. The van der Waals surface area contributed by atoms with Crippen LogP contribution in [0.15, 0.2) is 42.5 Å². The number of rotatable bonds is 11. The van der Waals surface area contributed by atoms with Gasteiger partial charge in [-0.25, -0.2) is 0 Å². The van der Waals surface area contributed by atoms with Crippen LogP contribution in [-0.4, -0.2) is 84.7 Å². The van der Waals surface area contributed by atoms with Crippen LogP contribution in [0, 0.1) is 6.92 Å². The van der Waals surface area contributed by atoms with Crippen LogP contribution in [-0.2, 0) is 0 Å². The van der Waals surface area contributed by atoms with E-state index < -0.39 is 0 Å². The van der Waals surface area contributed by atoms with E-state index in [1.54, 1.807) is 0 Å². The molecule has 2 N–H and O–H groups in total. The van der Waals surface area contributed by atoms with E-state index in [4.69, 9.17) is 9.47 Å². The predicted molar refractivity (Wildman–Crippen MR) is 131 cm³/mol. The van der Waals surface area contributed by atoms with Crippen molar-refractivity contribution in [1.82, 2.24) is 9.80 Å². The Morgan fingerprint density at radius 3 is 2.00 bits per heavy atom. The SMILES string of the molecule is Cc1ccccc1-c1ccc(OCCCN2CC[C@H](O)C2)c(OCCCN2CC[C@H](O)C2)c1. The van der Waals surface area contributed by atoms with Crippen molar-refractivity contribution in [2.24, 2.45) is 0 Å². The van der Waals surface area contributed by atoms with Crippen LogP contribution in [0.3, 0.4) is 0 Å². The number of aliphatic hydroxyl groups excluding tert-OH is 2. The predicted octanol–water partition coefficient (Wildman–Crippen LogP) is 3.33. The fourth-order valence-electron chi connectivity index (χ4n) is 4.78. The minimum atomic E-state index is -0.180. The van der Waals surface area contributed by atoms with Gasteiger partial charge >= 0.3 is 0 Å². The lowest BCUT2D eigenvalue weighted by Crippen LogP contribution is -2.24. The molecule has 0 radical (unpaired) electrons. The van der Waals surface area contributed by atoms with Crippen molar-refractivity contribution >= 4 is 0 Å². The zero-order valence-electron chi connectivity index (χ0n) is 19.8. The first-order valence-electron chi connectivity index (χ1n) is 12.3. The summed E-state index contributed by atoms with van der Waals surface area (Å²) >= 11 is 0. The maximum Gasteiger partial charge on any atom is 0.161 e. The highest BCUT2D eigenvalue weighted by atomic mass is 16.5. The number of hydrogen-bond donors (Lipinski definition) is 2. The lowest BCUT2D eigenvalue weighted by atomic mass is 10.0. The molecule has 6 nitrogen and oxygen atoms in total. The second-order valence-corrected chi connectivity index (χ2v) is 9.37. The van der Waals surface area contributed by atoms with Crippen LogP contribution >= 0.6 is 0 Å². The van der Waals surface area contributed by atoms with Crippen LogP contribution in [0.2, 0.25) is 0 Å². The minimum Gasteiger partial charge on any atom is -0.490 e. The standard InChI is InChI=1S/C27H38N2O4/c1-21-6-2-3-7-25(21)22-8-9-26(32-16-4-12-28-14-10-23(30)19-28)27(18-22)33-17-5-13-29-15-11-24(31)20-29/h2-3,6-9,18,23-24,30-31H,4-5,10-17,19-20H2,1H3/t23-,24-/m0/s1. The van der Waals surface area contributed by atoms with E-state index in [0.717, 1.165) is 82.0 Å². The first kappa shape index (κ1) is 24.0. The molecule has 33 heavy (non-hydrogen) atoms. The number of aliphatic hydroxyl groups is 2. The van der Waals surface area contributed by atoms with Gasteiger partial charge in [0.25, 0.3) is 0 Å². The fraction of sp³-hybridized carbons (Fsp3) is 0.556. The molecule has 2 saturated heterocycles. The number of ether oxygens (including phenoxy) is 2. The van der Waals surface area contributed by atoms with E-state index in [-0.39, 0.29) is 12.2 Å². The van der Waals surface area contributed by atoms with E-state index >= 15 is 0 Å². The molecule has 2 aromatic rings. The second-order valence-electron chi connectivity index (χ2n) is 9.37. The molecule has 2 aliphatic rings. The first-order valence-corrected chi connectivity index (χ1v) is 12.3. The average molecular weight is 455 g/mol. The number of benzene rings is 2. The third kappa shape index (κ3) is 6.93. The summed E-state index contributed by atoms with van der Waals surface area (Å²) in [5, 5.41) is 19.4. The monoisotopic (exact) mass is 454 g/mol. The molecule has 0 aliphatic carbocycles. The van der Waals surface area contributed by atoms with E-state index in [1.807, 2.05) is 6.07 Å². The zero-order chi connectivity index (χ0) is 23.0. The van der Waals surface area contributed by atoms with Gasteiger partial charge < -0.3 is 29.5 Å². The van der Waals surface area contributed by atoms with Crippen LogP contribution in [0.4, 0.5) is 0 Å². The molecular formula is C27H38N2O4. The van der Waals surface area contributed by atoms with Gasteiger partial charge in [-0.15, -0.1) is 0 Å². The van der Waals surface area contributed by atoms with Crippen LogP contribution < -0.4 is 9.47 Å². The molecule has 0 spiro atoms. The van der Waals surface area contributed by atoms with Gasteiger partial charge in [0.15, 0.2) is 11.5 Å². The summed E-state index contributed by atoms with van der Waals surface area (Å²) < 4.78 is 12.3. The summed E-state index contributed by atoms with van der Waals surface area (Å²) in [6.45, 7) is 8.71. The van der Waals surface area contributed by atoms with E-state index in [1.165, 1.54) is 11.1 Å². The normalized spacial score (nSPS) is 21.5. The van der Waals surface area contributed by atoms with Gasteiger partial charge in [0.1, 0.15) is 0 Å². The molecule has 4 rings (SSSR count). The van der Waals surface area contributed by atoms with Gasteiger partial charge in [0.2, 0.25) is 0 Å². The quantitative estimate of drug-likeness (QED) is 0.508. The molecule has 0 saturated carbocycles. The molecule has 0 bridgehead atoms. The molecule has 180 valence electrons. The molecule has 2 fully saturated rings. The van der Waals surface area contributed by atoms with Crippen molar-refractivity contribution in [3.63, 3.8) is 0 Å². The molecule has 2 heterocycles. The number of hydrogen-bond acceptors (Lipinski definition) is 6. The first-order chi connectivity index (χ1) is 16.1. The number of aryl methyl sites for hydroxylation is 1. The maximum atomic E-state index is 9.71. The Kier molecular flexibility index (Phi) is 8.62. The number of nitrogens with zero attached hydrogens (tertiary/aromatic N) is 2. The summed E-state index contributed by atoms with van der Waals surface area (Å²) in [4.78, 5) is 4.59. The lowest BCUT2D eigenvalue weighted by Gasteiger charge is -2.18. The summed E-state index contributed by atoms with van der Waals surface area (Å²) in [6, 6.07) is 14.6. The second kappa shape index (κ2) is 11.8. The Balaban J connectivity index is 1.35. The van der Waals surface area contributed by atoms with Crippen molar-refractivity contribution in [3.05, 3.63) is 48.0 Å². The number of β-amino-alcohol motifs (C(OH)–C–C–N with tert-alkyl or cyclic N) is 2. The summed E-state index contributed by atoms with van der Waals surface area (Å²) in [5.41, 5.74) is 3.56. The topological polar surface area (TPSA) is 65.4 Å². The van der Waals surface area contributed by atoms with Crippen molar-refractivity contribution in [3.8, 4) is 22.6 Å². The number of likely N-dealkylation sites (tertiary alicyclic amines) is 2. The minimum absolute atomic E-state index is 0.177. The van der Waals surface area contributed by atoms with Crippen molar-refractivity contribution < 1.29 is 19.7 Å². The van der Waals surface area contributed by atoms with Gasteiger partial charge in [0, 0.05) is 39.3 Å². The van der Waals surface area contributed by atoms with Crippen LogP contribution in [0.5, 0.6) is 11.5 Å². The Morgan fingerprint density at radius 2 is 1.42 bits per heavy atom. The Bertz CT molecular complexity index is 890. The Labute approximate surface area is 197 Å². The van der Waals surface area contributed by atoms with Crippen LogP contribution in [0.25, 0.3) is 11.1 Å². The van der Waals surface area contributed by atoms with E-state index in [2.05, 4.69) is 53.1 Å². The summed E-state index contributed by atoms with van der Waals surface area (Å²) in [6.07, 6.45) is 3.22. The van der Waals surface area contributed by atoms with E-state index in [0.29, 0.717) is 13.2 Å². The molecule has 2 atom stereocenters. The van der Waals surface area contributed by atoms with Gasteiger partial charge in [-0.2, -0.15) is 0 Å². The van der Waals surface area contributed by atoms with Gasteiger partial charge in [-0.3, -0.25) is 0 Å². The third-order valence-corrected chi connectivity index (χ3v) is 6.65. The average Bonchev–Trinajstić information content (AvgIpc) is 3.42. The van der Waals surface area contributed by atoms with Gasteiger partial charge in [0.05, 0.1) is 25.4 Å². The zero-order valence-corrected chi connectivity index (χ0v) is 19.8. The highest BCUT2D eigenvalue weighted by Crippen LogP contribution is 2.34.